The second kappa shape index (κ2) is 4.41. The second-order valence-electron chi connectivity index (χ2n) is 4.72. The molecule has 90 valence electrons. The molecule has 0 spiro atoms. The van der Waals surface area contributed by atoms with Crippen molar-refractivity contribution in [3.63, 3.8) is 0 Å². The summed E-state index contributed by atoms with van der Waals surface area (Å²) in [7, 11) is 0. The average molecular weight is 226 g/mol. The summed E-state index contributed by atoms with van der Waals surface area (Å²) < 4.78 is 0. The van der Waals surface area contributed by atoms with E-state index in [4.69, 9.17) is 5.11 Å². The summed E-state index contributed by atoms with van der Waals surface area (Å²) in [6.45, 7) is 2.73. The Morgan fingerprint density at radius 3 is 2.75 bits per heavy atom. The molecule has 16 heavy (non-hydrogen) atoms. The molecule has 2 fully saturated rings. The van der Waals surface area contributed by atoms with E-state index in [9.17, 15) is 9.59 Å². The molecule has 5 heteroatoms. The molecule has 1 saturated heterocycles. The molecule has 2 unspecified atom stereocenters. The maximum atomic E-state index is 11.8. The van der Waals surface area contributed by atoms with Gasteiger partial charge in [0.05, 0.1) is 6.42 Å². The van der Waals surface area contributed by atoms with Crippen molar-refractivity contribution in [1.29, 1.82) is 0 Å². The van der Waals surface area contributed by atoms with E-state index in [0.717, 1.165) is 19.3 Å². The number of hydrogen-bond acceptors (Lipinski definition) is 3. The lowest BCUT2D eigenvalue weighted by Crippen LogP contribution is -2.49. The topological polar surface area (TPSA) is 69.6 Å². The van der Waals surface area contributed by atoms with Gasteiger partial charge in [0.15, 0.2) is 0 Å². The minimum atomic E-state index is -0.903. The van der Waals surface area contributed by atoms with Gasteiger partial charge in [-0.3, -0.25) is 14.5 Å². The number of aliphatic carboxylic acids is 1. The summed E-state index contributed by atoms with van der Waals surface area (Å²) in [5.74, 6) is -1.03. The van der Waals surface area contributed by atoms with Crippen LogP contribution in [0.2, 0.25) is 0 Å². The molecule has 0 aromatic rings. The fraction of sp³-hybridized carbons (Fsp3) is 0.818. The Hall–Kier alpha value is -1.10. The molecule has 1 amide bonds. The van der Waals surface area contributed by atoms with Gasteiger partial charge < -0.3 is 10.4 Å². The summed E-state index contributed by atoms with van der Waals surface area (Å²) in [4.78, 5) is 24.7. The number of carboxylic acid groups (broad SMARTS) is 1. The minimum absolute atomic E-state index is 0.0906. The number of hydrogen-bond donors (Lipinski definition) is 2. The summed E-state index contributed by atoms with van der Waals surface area (Å²) in [6.07, 6.45) is 2.99. The lowest BCUT2D eigenvalue weighted by Gasteiger charge is -2.32. The van der Waals surface area contributed by atoms with Crippen molar-refractivity contribution in [1.82, 2.24) is 10.2 Å². The number of carboxylic acids is 1. The van der Waals surface area contributed by atoms with Crippen LogP contribution in [0.1, 0.15) is 32.6 Å². The van der Waals surface area contributed by atoms with E-state index in [-0.39, 0.29) is 18.4 Å². The number of rotatable bonds is 3. The third kappa shape index (κ3) is 2.35. The van der Waals surface area contributed by atoms with Gasteiger partial charge in [-0.1, -0.05) is 0 Å². The fourth-order valence-corrected chi connectivity index (χ4v) is 2.46. The largest absolute Gasteiger partial charge is 0.481 e. The van der Waals surface area contributed by atoms with Gasteiger partial charge >= 0.3 is 5.97 Å². The van der Waals surface area contributed by atoms with Crippen molar-refractivity contribution >= 4 is 11.9 Å². The van der Waals surface area contributed by atoms with Crippen molar-refractivity contribution in [3.05, 3.63) is 0 Å². The number of amides is 1. The van der Waals surface area contributed by atoms with E-state index in [2.05, 4.69) is 17.1 Å². The van der Waals surface area contributed by atoms with E-state index in [0.29, 0.717) is 12.6 Å². The molecule has 1 aliphatic carbocycles. The molecule has 0 bridgehead atoms. The Kier molecular flexibility index (Phi) is 3.14. The molecule has 2 atom stereocenters. The van der Waals surface area contributed by atoms with E-state index in [1.54, 1.807) is 0 Å². The second-order valence-corrected chi connectivity index (χ2v) is 4.72. The summed E-state index contributed by atoms with van der Waals surface area (Å²) >= 11 is 0. The molecule has 2 aliphatic rings. The van der Waals surface area contributed by atoms with Gasteiger partial charge in [-0.25, -0.2) is 0 Å². The highest BCUT2D eigenvalue weighted by molar-refractivity contribution is 5.86. The van der Waals surface area contributed by atoms with Crippen LogP contribution in [-0.4, -0.2) is 46.6 Å². The van der Waals surface area contributed by atoms with Crippen LogP contribution >= 0.6 is 0 Å². The SMILES string of the molecule is CC1CCNC(=O)C(CC(=O)O)N1C1CC1. The normalized spacial score (nSPS) is 31.9. The smallest absolute Gasteiger partial charge is 0.305 e. The van der Waals surface area contributed by atoms with Crippen LogP contribution in [0.25, 0.3) is 0 Å². The third-order valence-corrected chi connectivity index (χ3v) is 3.37. The molecule has 1 aliphatic heterocycles. The highest BCUT2D eigenvalue weighted by Gasteiger charge is 2.41. The van der Waals surface area contributed by atoms with Crippen molar-refractivity contribution in [2.75, 3.05) is 6.54 Å². The molecule has 1 saturated carbocycles. The molecular weight excluding hydrogens is 208 g/mol. The van der Waals surface area contributed by atoms with Crippen molar-refractivity contribution in [3.8, 4) is 0 Å². The Morgan fingerprint density at radius 1 is 1.50 bits per heavy atom. The van der Waals surface area contributed by atoms with Crippen LogP contribution in [-0.2, 0) is 9.59 Å². The Labute approximate surface area is 94.8 Å². The van der Waals surface area contributed by atoms with Gasteiger partial charge in [-0.15, -0.1) is 0 Å². The molecule has 0 aromatic carbocycles. The maximum absolute atomic E-state index is 11.8. The van der Waals surface area contributed by atoms with Gasteiger partial charge in [0, 0.05) is 18.6 Å². The molecule has 5 nitrogen and oxygen atoms in total. The standard InChI is InChI=1S/C11H18N2O3/c1-7-4-5-12-11(16)9(6-10(14)15)13(7)8-2-3-8/h7-9H,2-6H2,1H3,(H,12,16)(H,14,15). The number of carbonyl (C=O) groups is 2. The van der Waals surface area contributed by atoms with E-state index in [1.165, 1.54) is 0 Å². The molecular formula is C11H18N2O3. The van der Waals surface area contributed by atoms with Crippen LogP contribution < -0.4 is 5.32 Å². The quantitative estimate of drug-likeness (QED) is 0.721. The first kappa shape index (κ1) is 11.4. The van der Waals surface area contributed by atoms with Crippen LogP contribution in [0.4, 0.5) is 0 Å². The first-order chi connectivity index (χ1) is 7.59. The first-order valence-electron chi connectivity index (χ1n) is 5.86. The highest BCUT2D eigenvalue weighted by Crippen LogP contribution is 2.33. The number of nitrogens with zero attached hydrogens (tertiary/aromatic N) is 1. The molecule has 2 rings (SSSR count). The van der Waals surface area contributed by atoms with Crippen LogP contribution in [0.5, 0.6) is 0 Å². The summed E-state index contributed by atoms with van der Waals surface area (Å²) in [5, 5.41) is 11.7. The fourth-order valence-electron chi connectivity index (χ4n) is 2.46. The molecule has 0 radical (unpaired) electrons. The van der Waals surface area contributed by atoms with Crippen LogP contribution in [0, 0.1) is 0 Å². The zero-order valence-corrected chi connectivity index (χ0v) is 9.48. The number of carbonyl (C=O) groups excluding carboxylic acids is 1. The van der Waals surface area contributed by atoms with Crippen molar-refractivity contribution in [2.45, 2.75) is 50.7 Å². The van der Waals surface area contributed by atoms with Gasteiger partial charge in [-0.2, -0.15) is 0 Å². The van der Waals surface area contributed by atoms with Crippen LogP contribution in [0.3, 0.4) is 0 Å². The Balaban J connectivity index is 2.16. The monoisotopic (exact) mass is 226 g/mol. The predicted molar refractivity (Wildman–Crippen MR) is 58.0 cm³/mol. The van der Waals surface area contributed by atoms with Crippen molar-refractivity contribution in [2.24, 2.45) is 0 Å². The predicted octanol–water partition coefficient (Wildman–Crippen LogP) is 0.203. The lowest BCUT2D eigenvalue weighted by molar-refractivity contribution is -0.142. The van der Waals surface area contributed by atoms with Gasteiger partial charge in [0.2, 0.25) is 5.91 Å². The third-order valence-electron chi connectivity index (χ3n) is 3.37. The van der Waals surface area contributed by atoms with Gasteiger partial charge in [0.25, 0.3) is 0 Å². The zero-order chi connectivity index (χ0) is 11.7. The Morgan fingerprint density at radius 2 is 2.19 bits per heavy atom. The van der Waals surface area contributed by atoms with Gasteiger partial charge in [0.1, 0.15) is 6.04 Å². The van der Waals surface area contributed by atoms with E-state index < -0.39 is 12.0 Å². The summed E-state index contributed by atoms with van der Waals surface area (Å²) in [6, 6.07) is 0.224. The van der Waals surface area contributed by atoms with E-state index >= 15 is 0 Å². The first-order valence-corrected chi connectivity index (χ1v) is 5.86. The van der Waals surface area contributed by atoms with Crippen LogP contribution in [0.15, 0.2) is 0 Å². The summed E-state index contributed by atoms with van der Waals surface area (Å²) in [5.41, 5.74) is 0. The molecule has 0 aromatic heterocycles. The lowest BCUT2D eigenvalue weighted by atomic mass is 10.1. The van der Waals surface area contributed by atoms with Gasteiger partial charge in [-0.05, 0) is 26.2 Å². The Bertz CT molecular complexity index is 302. The van der Waals surface area contributed by atoms with E-state index in [1.807, 2.05) is 0 Å². The molecule has 1 heterocycles. The maximum Gasteiger partial charge on any atom is 0.305 e. The number of nitrogens with one attached hydrogen (secondary N) is 1. The molecule has 2 N–H and O–H groups in total. The minimum Gasteiger partial charge on any atom is -0.481 e. The average Bonchev–Trinajstić information content (AvgIpc) is 2.99. The highest BCUT2D eigenvalue weighted by atomic mass is 16.4. The van der Waals surface area contributed by atoms with Crippen molar-refractivity contribution < 1.29 is 14.7 Å². The zero-order valence-electron chi connectivity index (χ0n) is 9.48.